The summed E-state index contributed by atoms with van der Waals surface area (Å²) in [6.45, 7) is 3.18. The largest absolute Gasteiger partial charge is 0.273 e. The number of carbonyl (C=O) groups excluding carboxylic acids is 1. The molecule has 0 saturated carbocycles. The average molecular weight is 273 g/mol. The van der Waals surface area contributed by atoms with E-state index in [-0.39, 0.29) is 24.2 Å². The van der Waals surface area contributed by atoms with E-state index < -0.39 is 5.41 Å². The molecule has 1 amide bonds. The fourth-order valence-electron chi connectivity index (χ4n) is 3.20. The van der Waals surface area contributed by atoms with Crippen molar-refractivity contribution in [2.45, 2.75) is 25.8 Å². The Morgan fingerprint density at radius 1 is 1.55 bits per heavy atom. The zero-order valence-corrected chi connectivity index (χ0v) is 11.3. The molecule has 104 valence electrons. The van der Waals surface area contributed by atoms with E-state index in [1.807, 2.05) is 18.0 Å². The molecule has 2 aliphatic heterocycles. The Labute approximate surface area is 117 Å². The Balaban J connectivity index is 1.91. The molecule has 20 heavy (non-hydrogen) atoms. The second-order valence-corrected chi connectivity index (χ2v) is 5.79. The second-order valence-electron chi connectivity index (χ2n) is 5.79. The van der Waals surface area contributed by atoms with Crippen molar-refractivity contribution in [3.63, 3.8) is 0 Å². The molecular weight excluding hydrogens is 257 g/mol. The van der Waals surface area contributed by atoms with E-state index >= 15 is 0 Å². The van der Waals surface area contributed by atoms with Gasteiger partial charge < -0.3 is 0 Å². The molecule has 1 aromatic carbocycles. The Hall–Kier alpha value is -1.93. The lowest BCUT2D eigenvalue weighted by atomic mass is 9.86. The minimum atomic E-state index is -0.638. The van der Waals surface area contributed by atoms with Gasteiger partial charge >= 0.3 is 0 Å². The van der Waals surface area contributed by atoms with Crippen LogP contribution in [0.1, 0.15) is 31.4 Å². The quantitative estimate of drug-likeness (QED) is 0.830. The van der Waals surface area contributed by atoms with Crippen molar-refractivity contribution in [1.82, 2.24) is 10.0 Å². The van der Waals surface area contributed by atoms with Crippen molar-refractivity contribution in [1.29, 1.82) is 5.26 Å². The number of halogens is 1. The number of rotatable bonds is 2. The van der Waals surface area contributed by atoms with Crippen LogP contribution in [0.5, 0.6) is 0 Å². The molecule has 0 N–H and O–H groups in total. The van der Waals surface area contributed by atoms with Gasteiger partial charge in [-0.1, -0.05) is 12.1 Å². The lowest BCUT2D eigenvalue weighted by molar-refractivity contribution is -0.142. The Morgan fingerprint density at radius 3 is 3.05 bits per heavy atom. The maximum absolute atomic E-state index is 13.4. The summed E-state index contributed by atoms with van der Waals surface area (Å²) < 4.78 is 13.4. The van der Waals surface area contributed by atoms with E-state index in [9.17, 15) is 9.18 Å². The average Bonchev–Trinajstić information content (AvgIpc) is 2.90. The maximum Gasteiger partial charge on any atom is 0.245 e. The molecule has 0 unspecified atom stereocenters. The smallest absolute Gasteiger partial charge is 0.245 e. The molecule has 0 aromatic heterocycles. The zero-order chi connectivity index (χ0) is 14.3. The molecule has 5 heteroatoms. The molecule has 3 rings (SSSR count). The minimum Gasteiger partial charge on any atom is -0.273 e. The summed E-state index contributed by atoms with van der Waals surface area (Å²) in [4.78, 5) is 12.6. The standard InChI is InChI=1S/C15H16FN3O/c1-15(6-7-17)10-18-8-5-13(19(18)14(15)20)11-3-2-4-12(16)9-11/h2-4,9,13H,5-6,8,10H2,1H3/t13-,15-/m1/s1. The van der Waals surface area contributed by atoms with E-state index in [0.29, 0.717) is 6.54 Å². The lowest BCUT2D eigenvalue weighted by Crippen LogP contribution is -2.36. The first kappa shape index (κ1) is 13.1. The summed E-state index contributed by atoms with van der Waals surface area (Å²) >= 11 is 0. The zero-order valence-electron chi connectivity index (χ0n) is 11.3. The number of nitriles is 1. The first-order valence-corrected chi connectivity index (χ1v) is 6.76. The van der Waals surface area contributed by atoms with Gasteiger partial charge in [0.2, 0.25) is 5.91 Å². The van der Waals surface area contributed by atoms with Crippen molar-refractivity contribution in [2.75, 3.05) is 13.1 Å². The number of hydrogen-bond donors (Lipinski definition) is 0. The molecule has 2 fully saturated rings. The summed E-state index contributed by atoms with van der Waals surface area (Å²) in [5, 5.41) is 12.6. The highest BCUT2D eigenvalue weighted by Crippen LogP contribution is 2.43. The van der Waals surface area contributed by atoms with Gasteiger partial charge in [0.25, 0.3) is 0 Å². The number of nitrogens with zero attached hydrogens (tertiary/aromatic N) is 3. The van der Waals surface area contributed by atoms with Crippen molar-refractivity contribution >= 4 is 5.91 Å². The molecular formula is C15H16FN3O. The predicted octanol–water partition coefficient (Wildman–Crippen LogP) is 2.25. The van der Waals surface area contributed by atoms with Gasteiger partial charge in [0.15, 0.2) is 0 Å². The van der Waals surface area contributed by atoms with E-state index in [2.05, 4.69) is 6.07 Å². The third-order valence-corrected chi connectivity index (χ3v) is 4.22. The van der Waals surface area contributed by atoms with E-state index in [1.165, 1.54) is 12.1 Å². The fourth-order valence-corrected chi connectivity index (χ4v) is 3.20. The summed E-state index contributed by atoms with van der Waals surface area (Å²) in [7, 11) is 0. The third-order valence-electron chi connectivity index (χ3n) is 4.22. The Morgan fingerprint density at radius 2 is 2.35 bits per heavy atom. The third kappa shape index (κ3) is 1.88. The number of fused-ring (bicyclic) bond motifs is 1. The van der Waals surface area contributed by atoms with Crippen LogP contribution in [0.2, 0.25) is 0 Å². The van der Waals surface area contributed by atoms with Crippen molar-refractivity contribution < 1.29 is 9.18 Å². The van der Waals surface area contributed by atoms with E-state index in [1.54, 1.807) is 11.1 Å². The molecule has 0 spiro atoms. The lowest BCUT2D eigenvalue weighted by Gasteiger charge is -2.26. The van der Waals surface area contributed by atoms with Crippen LogP contribution >= 0.6 is 0 Å². The number of hydrazine groups is 1. The van der Waals surface area contributed by atoms with Gasteiger partial charge in [-0.15, -0.1) is 0 Å². The second kappa shape index (κ2) is 4.57. The van der Waals surface area contributed by atoms with Crippen LogP contribution in [0.3, 0.4) is 0 Å². The van der Waals surface area contributed by atoms with Gasteiger partial charge in [-0.3, -0.25) is 9.80 Å². The molecule has 4 nitrogen and oxygen atoms in total. The van der Waals surface area contributed by atoms with Gasteiger partial charge in [-0.25, -0.2) is 9.40 Å². The van der Waals surface area contributed by atoms with Crippen molar-refractivity contribution in [2.24, 2.45) is 5.41 Å². The van der Waals surface area contributed by atoms with E-state index in [0.717, 1.165) is 18.5 Å². The van der Waals surface area contributed by atoms with Gasteiger partial charge in [-0.2, -0.15) is 5.26 Å². The SMILES string of the molecule is C[C@@]1(CC#N)CN2CC[C@H](c3cccc(F)c3)N2C1=O. The number of carbonyl (C=O) groups is 1. The molecule has 1 aromatic rings. The van der Waals surface area contributed by atoms with E-state index in [4.69, 9.17) is 5.26 Å². The van der Waals surface area contributed by atoms with Gasteiger partial charge in [0.05, 0.1) is 23.9 Å². The van der Waals surface area contributed by atoms with Crippen LogP contribution in [0.15, 0.2) is 24.3 Å². The monoisotopic (exact) mass is 273 g/mol. The molecule has 2 atom stereocenters. The number of benzene rings is 1. The summed E-state index contributed by atoms with van der Waals surface area (Å²) in [5.74, 6) is -0.307. The topological polar surface area (TPSA) is 47.3 Å². The summed E-state index contributed by atoms with van der Waals surface area (Å²) in [5.41, 5.74) is 0.183. The summed E-state index contributed by atoms with van der Waals surface area (Å²) in [6.07, 6.45) is 1.02. The molecule has 2 saturated heterocycles. The first-order valence-electron chi connectivity index (χ1n) is 6.76. The maximum atomic E-state index is 13.4. The molecule has 2 heterocycles. The van der Waals surface area contributed by atoms with Gasteiger partial charge in [0, 0.05) is 13.1 Å². The van der Waals surface area contributed by atoms with Crippen LogP contribution in [-0.4, -0.2) is 29.0 Å². The van der Waals surface area contributed by atoms with Crippen LogP contribution in [0.4, 0.5) is 4.39 Å². The van der Waals surface area contributed by atoms with Gasteiger partial charge in [0.1, 0.15) is 5.82 Å². The number of amides is 1. The molecule has 0 bridgehead atoms. The first-order chi connectivity index (χ1) is 9.55. The van der Waals surface area contributed by atoms with Crippen LogP contribution < -0.4 is 0 Å². The van der Waals surface area contributed by atoms with Crippen molar-refractivity contribution in [3.05, 3.63) is 35.6 Å². The van der Waals surface area contributed by atoms with Crippen LogP contribution in [-0.2, 0) is 4.79 Å². The highest BCUT2D eigenvalue weighted by molar-refractivity contribution is 5.85. The normalized spacial score (nSPS) is 29.6. The highest BCUT2D eigenvalue weighted by Gasteiger charge is 2.52. The molecule has 0 aliphatic carbocycles. The van der Waals surface area contributed by atoms with Gasteiger partial charge in [-0.05, 0) is 31.0 Å². The fraction of sp³-hybridized carbons (Fsp3) is 0.467. The Bertz CT molecular complexity index is 597. The summed E-state index contributed by atoms with van der Waals surface area (Å²) in [6, 6.07) is 8.40. The van der Waals surface area contributed by atoms with Crippen molar-refractivity contribution in [3.8, 4) is 6.07 Å². The number of hydrogen-bond acceptors (Lipinski definition) is 3. The molecule has 0 radical (unpaired) electrons. The predicted molar refractivity (Wildman–Crippen MR) is 70.5 cm³/mol. The Kier molecular flexibility index (Phi) is 2.98. The molecule has 2 aliphatic rings. The van der Waals surface area contributed by atoms with Crippen LogP contribution in [0, 0.1) is 22.6 Å². The highest BCUT2D eigenvalue weighted by atomic mass is 19.1. The van der Waals surface area contributed by atoms with Crippen LogP contribution in [0.25, 0.3) is 0 Å². The minimum absolute atomic E-state index is 0.0224.